The summed E-state index contributed by atoms with van der Waals surface area (Å²) in [5.74, 6) is 6.73. The lowest BCUT2D eigenvalue weighted by Crippen LogP contribution is -2.29. The van der Waals surface area contributed by atoms with Crippen LogP contribution in [0.25, 0.3) is 0 Å². The summed E-state index contributed by atoms with van der Waals surface area (Å²) >= 11 is -1.38. The van der Waals surface area contributed by atoms with Crippen molar-refractivity contribution in [3.05, 3.63) is 53.6 Å². The Bertz CT molecular complexity index is 711. The molecule has 0 bridgehead atoms. The molecule has 1 atom stereocenters. The SMILES string of the molecule is Cc1nccc(CN(N)/N=C(\N)c2ccc([S+]([O-])NCCO)cc2)n1. The predicted molar refractivity (Wildman–Crippen MR) is 95.2 cm³/mol. The molecule has 9 nitrogen and oxygen atoms in total. The standard InChI is InChI=1S/C15H21N7O2S/c1-11-18-7-6-13(20-11)10-22(17)21-15(16)12-2-4-14(5-3-12)25(24)19-8-9-23/h2-7,19,23H,8-10,17H2,1H3,(H2,16,21). The third-order valence-electron chi connectivity index (χ3n) is 3.10. The number of nitrogens with zero attached hydrogens (tertiary/aromatic N) is 4. The smallest absolute Gasteiger partial charge is 0.173 e. The van der Waals surface area contributed by atoms with Gasteiger partial charge in [0, 0.05) is 11.8 Å². The highest BCUT2D eigenvalue weighted by Gasteiger charge is 2.11. The first-order valence-electron chi connectivity index (χ1n) is 7.51. The summed E-state index contributed by atoms with van der Waals surface area (Å²) in [7, 11) is 0. The molecule has 0 saturated heterocycles. The molecule has 6 N–H and O–H groups in total. The minimum Gasteiger partial charge on any atom is -0.593 e. The maximum absolute atomic E-state index is 11.9. The molecule has 2 aromatic rings. The zero-order chi connectivity index (χ0) is 18.2. The summed E-state index contributed by atoms with van der Waals surface area (Å²) in [5, 5.41) is 14.0. The normalized spacial score (nSPS) is 12.9. The van der Waals surface area contributed by atoms with Gasteiger partial charge in [0.05, 0.1) is 36.8 Å². The van der Waals surface area contributed by atoms with Crippen LogP contribution in [-0.4, -0.2) is 43.7 Å². The largest absolute Gasteiger partial charge is 0.593 e. The van der Waals surface area contributed by atoms with Crippen molar-refractivity contribution < 1.29 is 9.66 Å². The number of hydrogen-bond acceptors (Lipinski definition) is 8. The maximum atomic E-state index is 11.9. The number of rotatable bonds is 8. The second-order valence-corrected chi connectivity index (χ2v) is 6.39. The lowest BCUT2D eigenvalue weighted by molar-refractivity contribution is 0.286. The van der Waals surface area contributed by atoms with Gasteiger partial charge in [-0.1, -0.05) is 0 Å². The van der Waals surface area contributed by atoms with Gasteiger partial charge in [-0.3, -0.25) is 0 Å². The van der Waals surface area contributed by atoms with E-state index in [1.165, 1.54) is 5.12 Å². The summed E-state index contributed by atoms with van der Waals surface area (Å²) < 4.78 is 14.6. The second kappa shape index (κ2) is 9.30. The summed E-state index contributed by atoms with van der Waals surface area (Å²) in [4.78, 5) is 8.84. The molecule has 2 rings (SSSR count). The Labute approximate surface area is 149 Å². The summed E-state index contributed by atoms with van der Waals surface area (Å²) in [6.07, 6.45) is 1.66. The molecule has 0 aliphatic heterocycles. The van der Waals surface area contributed by atoms with Crippen molar-refractivity contribution in [2.24, 2.45) is 16.7 Å². The lowest BCUT2D eigenvalue weighted by Gasteiger charge is -2.14. The van der Waals surface area contributed by atoms with Gasteiger partial charge < -0.3 is 15.4 Å². The average Bonchev–Trinajstić information content (AvgIpc) is 2.59. The van der Waals surface area contributed by atoms with Gasteiger partial charge in [-0.25, -0.2) is 20.9 Å². The zero-order valence-corrected chi connectivity index (χ0v) is 14.6. The maximum Gasteiger partial charge on any atom is 0.173 e. The average molecular weight is 363 g/mol. The molecule has 1 aromatic heterocycles. The van der Waals surface area contributed by atoms with Crippen LogP contribution in [0.1, 0.15) is 17.1 Å². The zero-order valence-electron chi connectivity index (χ0n) is 13.8. The first-order chi connectivity index (χ1) is 12.0. The van der Waals surface area contributed by atoms with Gasteiger partial charge in [0.25, 0.3) is 0 Å². The highest BCUT2D eigenvalue weighted by atomic mass is 32.2. The minimum atomic E-state index is -1.38. The monoisotopic (exact) mass is 363 g/mol. The van der Waals surface area contributed by atoms with E-state index in [4.69, 9.17) is 16.7 Å². The third-order valence-corrected chi connectivity index (χ3v) is 4.27. The molecule has 1 aromatic carbocycles. The Morgan fingerprint density at radius 1 is 1.36 bits per heavy atom. The van der Waals surface area contributed by atoms with Crippen molar-refractivity contribution in [1.29, 1.82) is 0 Å². The number of nitrogens with two attached hydrogens (primary N) is 2. The van der Waals surface area contributed by atoms with Crippen LogP contribution in [0.4, 0.5) is 0 Å². The van der Waals surface area contributed by atoms with Crippen LogP contribution in [0.15, 0.2) is 46.5 Å². The molecule has 25 heavy (non-hydrogen) atoms. The van der Waals surface area contributed by atoms with Crippen LogP contribution in [-0.2, 0) is 17.9 Å². The number of amidine groups is 1. The van der Waals surface area contributed by atoms with Gasteiger partial charge in [-0.05, 0) is 37.3 Å². The number of aromatic nitrogens is 2. The van der Waals surface area contributed by atoms with Gasteiger partial charge in [-0.2, -0.15) is 0 Å². The molecule has 0 aliphatic rings. The van der Waals surface area contributed by atoms with Crippen molar-refractivity contribution >= 4 is 17.2 Å². The van der Waals surface area contributed by atoms with Crippen LogP contribution in [0, 0.1) is 6.92 Å². The first-order valence-corrected chi connectivity index (χ1v) is 8.66. The molecule has 10 heteroatoms. The van der Waals surface area contributed by atoms with E-state index < -0.39 is 11.4 Å². The van der Waals surface area contributed by atoms with Crippen LogP contribution in [0.3, 0.4) is 0 Å². The van der Waals surface area contributed by atoms with E-state index in [9.17, 15) is 4.55 Å². The van der Waals surface area contributed by atoms with Gasteiger partial charge >= 0.3 is 0 Å². The highest BCUT2D eigenvalue weighted by molar-refractivity contribution is 7.89. The molecule has 134 valence electrons. The van der Waals surface area contributed by atoms with E-state index in [0.717, 1.165) is 5.69 Å². The van der Waals surface area contributed by atoms with Crippen LogP contribution in [0.5, 0.6) is 0 Å². The molecule has 0 amide bonds. The fourth-order valence-corrected chi connectivity index (χ4v) is 2.79. The van der Waals surface area contributed by atoms with Crippen molar-refractivity contribution in [1.82, 2.24) is 19.8 Å². The summed E-state index contributed by atoms with van der Waals surface area (Å²) in [6, 6.07) is 8.51. The molecule has 1 heterocycles. The number of aryl methyl sites for hydroxylation is 1. The third kappa shape index (κ3) is 5.96. The molecule has 1 unspecified atom stereocenters. The number of aliphatic hydroxyl groups excluding tert-OH is 1. The van der Waals surface area contributed by atoms with E-state index in [1.54, 1.807) is 43.5 Å². The fraction of sp³-hybridized carbons (Fsp3) is 0.267. The molecular formula is C15H21N7O2S. The van der Waals surface area contributed by atoms with Crippen molar-refractivity contribution in [3.63, 3.8) is 0 Å². The first kappa shape index (κ1) is 19.1. The fourth-order valence-electron chi connectivity index (χ4n) is 1.96. The lowest BCUT2D eigenvalue weighted by atomic mass is 10.2. The number of benzene rings is 1. The number of hydrazone groups is 1. The Balaban J connectivity index is 2.01. The summed E-state index contributed by atoms with van der Waals surface area (Å²) in [5.41, 5.74) is 7.34. The van der Waals surface area contributed by atoms with Crippen molar-refractivity contribution in [2.75, 3.05) is 13.2 Å². The molecule has 0 spiro atoms. The number of hydrazine groups is 1. The van der Waals surface area contributed by atoms with E-state index in [0.29, 0.717) is 16.3 Å². The van der Waals surface area contributed by atoms with E-state index in [1.807, 2.05) is 0 Å². The second-order valence-electron chi connectivity index (χ2n) is 5.09. The predicted octanol–water partition coefficient (Wildman–Crippen LogP) is -0.614. The van der Waals surface area contributed by atoms with Gasteiger partial charge in [0.1, 0.15) is 5.82 Å². The Hall–Kier alpha value is -2.24. The van der Waals surface area contributed by atoms with Crippen molar-refractivity contribution in [2.45, 2.75) is 18.4 Å². The van der Waals surface area contributed by atoms with Crippen LogP contribution >= 0.6 is 0 Å². The topological polar surface area (TPSA) is 149 Å². The van der Waals surface area contributed by atoms with Gasteiger partial charge in [0.2, 0.25) is 0 Å². The van der Waals surface area contributed by atoms with Gasteiger partial charge in [0.15, 0.2) is 10.7 Å². The van der Waals surface area contributed by atoms with E-state index >= 15 is 0 Å². The van der Waals surface area contributed by atoms with Crippen molar-refractivity contribution in [3.8, 4) is 0 Å². The Morgan fingerprint density at radius 3 is 2.72 bits per heavy atom. The quantitative estimate of drug-likeness (QED) is 0.159. The van der Waals surface area contributed by atoms with Crippen LogP contribution < -0.4 is 16.3 Å². The molecular weight excluding hydrogens is 342 g/mol. The Kier molecular flexibility index (Phi) is 7.10. The number of hydrogen-bond donors (Lipinski definition) is 4. The number of nitrogens with one attached hydrogen (secondary N) is 1. The van der Waals surface area contributed by atoms with Gasteiger partial charge in [-0.15, -0.1) is 9.82 Å². The molecule has 0 radical (unpaired) electrons. The minimum absolute atomic E-state index is 0.0817. The van der Waals surface area contributed by atoms with Crippen LogP contribution in [0.2, 0.25) is 0 Å². The molecule has 0 saturated carbocycles. The Morgan fingerprint density at radius 2 is 2.08 bits per heavy atom. The highest BCUT2D eigenvalue weighted by Crippen LogP contribution is 2.10. The van der Waals surface area contributed by atoms with E-state index in [2.05, 4.69) is 19.8 Å². The molecule has 0 aliphatic carbocycles. The molecule has 0 fully saturated rings. The summed E-state index contributed by atoms with van der Waals surface area (Å²) in [6.45, 7) is 2.25. The van der Waals surface area contributed by atoms with E-state index in [-0.39, 0.29) is 25.5 Å². The number of aliphatic hydroxyl groups is 1.